The fraction of sp³-hybridized carbons (Fsp3) is 0.600. The van der Waals surface area contributed by atoms with Gasteiger partial charge in [-0.1, -0.05) is 12.8 Å². The van der Waals surface area contributed by atoms with Crippen LogP contribution in [-0.4, -0.2) is 53.0 Å². The van der Waals surface area contributed by atoms with Crippen molar-refractivity contribution in [3.05, 3.63) is 35.4 Å². The van der Waals surface area contributed by atoms with E-state index in [-0.39, 0.29) is 24.3 Å². The summed E-state index contributed by atoms with van der Waals surface area (Å²) < 4.78 is 26.9. The van der Waals surface area contributed by atoms with Crippen molar-refractivity contribution in [3.63, 3.8) is 0 Å². The lowest BCUT2D eigenvalue weighted by atomic mass is 9.81. The summed E-state index contributed by atoms with van der Waals surface area (Å²) in [5.41, 5.74) is -0.493. The molecule has 0 aromatic heterocycles. The molecule has 2 aliphatic heterocycles. The van der Waals surface area contributed by atoms with Crippen molar-refractivity contribution in [1.29, 1.82) is 0 Å². The number of carbonyl (C=O) groups excluding carboxylic acids is 1. The zero-order valence-electron chi connectivity index (χ0n) is 15.2. The molecular weight excluding hydrogens is 354 g/mol. The number of carboxylic acid groups (broad SMARTS) is 1. The van der Waals surface area contributed by atoms with Gasteiger partial charge in [-0.25, -0.2) is 8.78 Å². The van der Waals surface area contributed by atoms with Gasteiger partial charge in [0, 0.05) is 50.6 Å². The molecule has 7 heteroatoms. The molecular formula is C20H24F2N2O3. The van der Waals surface area contributed by atoms with E-state index in [4.69, 9.17) is 0 Å². The molecule has 1 aliphatic carbocycles. The third-order valence-corrected chi connectivity index (χ3v) is 6.45. The maximum Gasteiger partial charge on any atom is 0.313 e. The molecule has 1 amide bonds. The Bertz CT molecular complexity index is 745. The van der Waals surface area contributed by atoms with Crippen LogP contribution in [0.5, 0.6) is 0 Å². The summed E-state index contributed by atoms with van der Waals surface area (Å²) in [6.45, 7) is 1.79. The number of hydrogen-bond acceptors (Lipinski definition) is 3. The number of rotatable bonds is 4. The molecule has 1 aromatic carbocycles. The predicted molar refractivity (Wildman–Crippen MR) is 93.7 cm³/mol. The Balaban J connectivity index is 1.47. The highest BCUT2D eigenvalue weighted by molar-refractivity contribution is 5.83. The molecule has 0 radical (unpaired) electrons. The van der Waals surface area contributed by atoms with Gasteiger partial charge in [0.1, 0.15) is 17.0 Å². The van der Waals surface area contributed by atoms with Crippen LogP contribution in [0.15, 0.2) is 18.2 Å². The van der Waals surface area contributed by atoms with Gasteiger partial charge in [-0.05, 0) is 30.5 Å². The van der Waals surface area contributed by atoms with Crippen molar-refractivity contribution >= 4 is 11.9 Å². The van der Waals surface area contributed by atoms with E-state index in [9.17, 15) is 23.5 Å². The second-order valence-electron chi connectivity index (χ2n) is 8.31. The quantitative estimate of drug-likeness (QED) is 0.875. The summed E-state index contributed by atoms with van der Waals surface area (Å²) in [4.78, 5) is 28.5. The zero-order valence-corrected chi connectivity index (χ0v) is 15.2. The Kier molecular flexibility index (Phi) is 4.66. The first-order valence-corrected chi connectivity index (χ1v) is 9.57. The van der Waals surface area contributed by atoms with Gasteiger partial charge < -0.3 is 10.0 Å². The van der Waals surface area contributed by atoms with E-state index in [1.165, 1.54) is 12.1 Å². The molecule has 2 heterocycles. The maximum absolute atomic E-state index is 13.4. The largest absolute Gasteiger partial charge is 0.481 e. The normalized spacial score (nSPS) is 28.7. The van der Waals surface area contributed by atoms with E-state index >= 15 is 0 Å². The highest BCUT2D eigenvalue weighted by Gasteiger charge is 2.58. The minimum Gasteiger partial charge on any atom is -0.481 e. The van der Waals surface area contributed by atoms with Crippen LogP contribution in [0.4, 0.5) is 8.78 Å². The fourth-order valence-corrected chi connectivity index (χ4v) is 5.15. The van der Waals surface area contributed by atoms with E-state index < -0.39 is 23.0 Å². The summed E-state index contributed by atoms with van der Waals surface area (Å²) in [7, 11) is 0. The number of carboxylic acids is 1. The summed E-state index contributed by atoms with van der Waals surface area (Å²) in [5, 5.41) is 9.93. The van der Waals surface area contributed by atoms with Gasteiger partial charge in [-0.15, -0.1) is 0 Å². The number of hydrogen-bond donors (Lipinski definition) is 1. The molecule has 27 heavy (non-hydrogen) atoms. The van der Waals surface area contributed by atoms with Crippen LogP contribution < -0.4 is 0 Å². The molecule has 4 rings (SSSR count). The van der Waals surface area contributed by atoms with Crippen molar-refractivity contribution in [2.75, 3.05) is 26.2 Å². The summed E-state index contributed by atoms with van der Waals surface area (Å²) >= 11 is 0. The van der Waals surface area contributed by atoms with Gasteiger partial charge in [-0.2, -0.15) is 0 Å². The number of nitrogens with zero attached hydrogens (tertiary/aromatic N) is 2. The zero-order chi connectivity index (χ0) is 19.2. The first kappa shape index (κ1) is 18.3. The highest BCUT2D eigenvalue weighted by atomic mass is 19.1. The second-order valence-corrected chi connectivity index (χ2v) is 8.31. The summed E-state index contributed by atoms with van der Waals surface area (Å²) in [6.07, 6.45) is 3.93. The van der Waals surface area contributed by atoms with Gasteiger partial charge in [0.25, 0.3) is 0 Å². The predicted octanol–water partition coefficient (Wildman–Crippen LogP) is 2.50. The van der Waals surface area contributed by atoms with Crippen LogP contribution in [-0.2, 0) is 16.1 Å². The molecule has 0 unspecified atom stereocenters. The number of likely N-dealkylation sites (tertiary alicyclic amines) is 2. The minimum absolute atomic E-state index is 0.0426. The SMILES string of the molecule is O=C(C1CCCC1)N1C[C@H]2CN(Cc3cc(F)cc(F)c3)C[C@@]2(C(=O)O)C1. The van der Waals surface area contributed by atoms with E-state index in [1.807, 2.05) is 4.90 Å². The lowest BCUT2D eigenvalue weighted by molar-refractivity contribution is -0.149. The number of amides is 1. The van der Waals surface area contributed by atoms with E-state index in [0.29, 0.717) is 31.7 Å². The first-order chi connectivity index (χ1) is 12.9. The van der Waals surface area contributed by atoms with Crippen molar-refractivity contribution < 1.29 is 23.5 Å². The van der Waals surface area contributed by atoms with E-state index in [2.05, 4.69) is 0 Å². The second kappa shape index (κ2) is 6.86. The number of benzene rings is 1. The average Bonchev–Trinajstić information content (AvgIpc) is 3.27. The topological polar surface area (TPSA) is 60.9 Å². The Labute approximate surface area is 156 Å². The Morgan fingerprint density at radius 3 is 2.33 bits per heavy atom. The number of aliphatic carboxylic acids is 1. The molecule has 146 valence electrons. The van der Waals surface area contributed by atoms with Crippen LogP contribution in [0.25, 0.3) is 0 Å². The lowest BCUT2D eigenvalue weighted by Gasteiger charge is -2.27. The van der Waals surface area contributed by atoms with Crippen LogP contribution in [0, 0.1) is 28.9 Å². The molecule has 2 atom stereocenters. The summed E-state index contributed by atoms with van der Waals surface area (Å²) in [6, 6.07) is 3.38. The molecule has 5 nitrogen and oxygen atoms in total. The fourth-order valence-electron chi connectivity index (χ4n) is 5.15. The van der Waals surface area contributed by atoms with Gasteiger partial charge in [0.15, 0.2) is 0 Å². The van der Waals surface area contributed by atoms with E-state index in [1.54, 1.807) is 4.90 Å². The first-order valence-electron chi connectivity index (χ1n) is 9.57. The maximum atomic E-state index is 13.4. The van der Waals surface area contributed by atoms with Crippen molar-refractivity contribution in [2.24, 2.45) is 17.3 Å². The number of halogens is 2. The molecule has 1 saturated carbocycles. The average molecular weight is 378 g/mol. The number of fused-ring (bicyclic) bond motifs is 1. The molecule has 1 aromatic rings. The van der Waals surface area contributed by atoms with Gasteiger partial charge in [0.05, 0.1) is 0 Å². The van der Waals surface area contributed by atoms with Crippen LogP contribution in [0.2, 0.25) is 0 Å². The highest BCUT2D eigenvalue weighted by Crippen LogP contribution is 2.44. The number of carbonyl (C=O) groups is 2. The third kappa shape index (κ3) is 3.33. The minimum atomic E-state index is -0.986. The lowest BCUT2D eigenvalue weighted by Crippen LogP contribution is -2.42. The Morgan fingerprint density at radius 2 is 1.74 bits per heavy atom. The molecule has 3 fully saturated rings. The Hall–Kier alpha value is -2.02. The third-order valence-electron chi connectivity index (χ3n) is 6.45. The van der Waals surface area contributed by atoms with Crippen molar-refractivity contribution in [2.45, 2.75) is 32.2 Å². The van der Waals surface area contributed by atoms with Crippen LogP contribution in [0.3, 0.4) is 0 Å². The van der Waals surface area contributed by atoms with Gasteiger partial charge in [0.2, 0.25) is 5.91 Å². The Morgan fingerprint density at radius 1 is 1.07 bits per heavy atom. The van der Waals surface area contributed by atoms with Crippen LogP contribution in [0.1, 0.15) is 31.2 Å². The van der Waals surface area contributed by atoms with Gasteiger partial charge in [-0.3, -0.25) is 14.5 Å². The molecule has 0 bridgehead atoms. The summed E-state index contributed by atoms with van der Waals surface area (Å²) in [5.74, 6) is -2.17. The standard InChI is InChI=1S/C20H24F2N2O3/c21-16-5-13(6-17(22)7-16)8-23-9-15-10-24(12-20(15,11-23)19(26)27)18(25)14-3-1-2-4-14/h5-7,14-15H,1-4,8-12H2,(H,26,27)/t15-,20-/m1/s1. The molecule has 3 aliphatic rings. The van der Waals surface area contributed by atoms with Crippen molar-refractivity contribution in [3.8, 4) is 0 Å². The smallest absolute Gasteiger partial charge is 0.313 e. The molecule has 2 saturated heterocycles. The van der Waals surface area contributed by atoms with E-state index in [0.717, 1.165) is 31.7 Å². The molecule has 0 spiro atoms. The van der Waals surface area contributed by atoms with Crippen LogP contribution >= 0.6 is 0 Å². The van der Waals surface area contributed by atoms with Gasteiger partial charge >= 0.3 is 5.97 Å². The van der Waals surface area contributed by atoms with Crippen molar-refractivity contribution in [1.82, 2.24) is 9.80 Å². The monoisotopic (exact) mass is 378 g/mol. The molecule has 1 N–H and O–H groups in total.